The van der Waals surface area contributed by atoms with Crippen molar-refractivity contribution in [3.05, 3.63) is 21.4 Å². The molecule has 2 heterocycles. The van der Waals surface area contributed by atoms with Crippen LogP contribution in [0.25, 0.3) is 11.1 Å². The van der Waals surface area contributed by atoms with Crippen molar-refractivity contribution < 1.29 is 4.42 Å². The van der Waals surface area contributed by atoms with Crippen LogP contribution in [0.3, 0.4) is 0 Å². The molecule has 0 unspecified atom stereocenters. The second-order valence-electron chi connectivity index (χ2n) is 2.60. The van der Waals surface area contributed by atoms with Crippen LogP contribution < -0.4 is 0 Å². The van der Waals surface area contributed by atoms with Crippen LogP contribution >= 0.6 is 22.6 Å². The molecule has 0 saturated heterocycles. The molecule has 0 spiro atoms. The molecule has 0 aliphatic carbocycles. The summed E-state index contributed by atoms with van der Waals surface area (Å²) < 4.78 is 6.50. The molecule has 0 aliphatic heterocycles. The van der Waals surface area contributed by atoms with E-state index in [2.05, 4.69) is 32.6 Å². The predicted molar refractivity (Wildman–Crippen MR) is 54.0 cm³/mol. The molecule has 0 atom stereocenters. The second kappa shape index (κ2) is 2.69. The molecule has 0 amide bonds. The van der Waals surface area contributed by atoms with E-state index < -0.39 is 0 Å². The van der Waals surface area contributed by atoms with Gasteiger partial charge in [0, 0.05) is 0 Å². The molecule has 2 aromatic heterocycles. The molecular weight excluding hydrogens is 267 g/mol. The quantitative estimate of drug-likeness (QED) is 0.692. The molecule has 0 aliphatic rings. The van der Waals surface area contributed by atoms with Gasteiger partial charge in [-0.3, -0.25) is 0 Å². The summed E-state index contributed by atoms with van der Waals surface area (Å²) in [6.45, 7) is 3.80. The van der Waals surface area contributed by atoms with E-state index in [1.807, 2.05) is 13.8 Å². The van der Waals surface area contributed by atoms with Gasteiger partial charge in [0.1, 0.15) is 17.1 Å². The summed E-state index contributed by atoms with van der Waals surface area (Å²) in [5.74, 6) is 1.69. The van der Waals surface area contributed by atoms with Crippen molar-refractivity contribution in [2.75, 3.05) is 0 Å². The first kappa shape index (κ1) is 7.97. The highest BCUT2D eigenvalue weighted by Crippen LogP contribution is 2.24. The fourth-order valence-corrected chi connectivity index (χ4v) is 1.56. The van der Waals surface area contributed by atoms with Crippen molar-refractivity contribution in [1.29, 1.82) is 0 Å². The van der Waals surface area contributed by atoms with Crippen molar-refractivity contribution in [3.8, 4) is 0 Å². The molecular formula is C8H7IN2O. The molecule has 0 saturated carbocycles. The van der Waals surface area contributed by atoms with E-state index in [1.165, 1.54) is 0 Å². The lowest BCUT2D eigenvalue weighted by molar-refractivity contribution is 0.573. The Morgan fingerprint density at radius 3 is 2.92 bits per heavy atom. The van der Waals surface area contributed by atoms with Crippen molar-refractivity contribution in [3.63, 3.8) is 0 Å². The molecule has 0 fully saturated rings. The van der Waals surface area contributed by atoms with Gasteiger partial charge >= 0.3 is 0 Å². The van der Waals surface area contributed by atoms with Crippen molar-refractivity contribution in [2.45, 2.75) is 13.8 Å². The number of aromatic nitrogens is 2. The number of hydrogen-bond acceptors (Lipinski definition) is 3. The summed E-state index contributed by atoms with van der Waals surface area (Å²) in [6, 6.07) is 0. The van der Waals surface area contributed by atoms with E-state index in [1.54, 1.807) is 6.20 Å². The normalized spacial score (nSPS) is 10.9. The van der Waals surface area contributed by atoms with Crippen LogP contribution in [0.2, 0.25) is 0 Å². The average molecular weight is 274 g/mol. The zero-order valence-corrected chi connectivity index (χ0v) is 8.92. The van der Waals surface area contributed by atoms with Crippen LogP contribution in [0.1, 0.15) is 11.6 Å². The van der Waals surface area contributed by atoms with Crippen LogP contribution in [-0.4, -0.2) is 9.97 Å². The summed E-state index contributed by atoms with van der Waals surface area (Å²) in [7, 11) is 0. The Kier molecular flexibility index (Phi) is 1.79. The highest BCUT2D eigenvalue weighted by Gasteiger charge is 2.09. The fourth-order valence-electron chi connectivity index (χ4n) is 1.07. The minimum absolute atomic E-state index is 0.766. The third kappa shape index (κ3) is 1.10. The van der Waals surface area contributed by atoms with Crippen LogP contribution in [0, 0.1) is 17.4 Å². The van der Waals surface area contributed by atoms with Gasteiger partial charge in [-0.05, 0) is 36.4 Å². The van der Waals surface area contributed by atoms with Crippen LogP contribution in [0.4, 0.5) is 0 Å². The summed E-state index contributed by atoms with van der Waals surface area (Å²) in [5.41, 5.74) is 1.68. The molecule has 62 valence electrons. The molecule has 2 aromatic rings. The SMILES string of the molecule is Cc1ncc2oc(C)c(I)c2n1. The highest BCUT2D eigenvalue weighted by molar-refractivity contribution is 14.1. The summed E-state index contributed by atoms with van der Waals surface area (Å²) in [6.07, 6.45) is 1.72. The number of furan rings is 1. The Morgan fingerprint density at radius 1 is 1.42 bits per heavy atom. The van der Waals surface area contributed by atoms with Gasteiger partial charge in [-0.2, -0.15) is 0 Å². The standard InChI is InChI=1S/C8H7IN2O/c1-4-7(9)8-6(12-4)3-10-5(2)11-8/h3H,1-2H3. The lowest BCUT2D eigenvalue weighted by Gasteiger charge is -1.89. The van der Waals surface area contributed by atoms with E-state index in [0.717, 1.165) is 26.3 Å². The van der Waals surface area contributed by atoms with Gasteiger partial charge in [0.25, 0.3) is 0 Å². The van der Waals surface area contributed by atoms with Crippen LogP contribution in [-0.2, 0) is 0 Å². The van der Waals surface area contributed by atoms with E-state index in [4.69, 9.17) is 4.42 Å². The molecule has 3 nitrogen and oxygen atoms in total. The zero-order chi connectivity index (χ0) is 8.72. The summed E-state index contributed by atoms with van der Waals surface area (Å²) in [4.78, 5) is 8.34. The summed E-state index contributed by atoms with van der Waals surface area (Å²) in [5, 5.41) is 0. The minimum Gasteiger partial charge on any atom is -0.457 e. The van der Waals surface area contributed by atoms with Crippen molar-refractivity contribution in [1.82, 2.24) is 9.97 Å². The van der Waals surface area contributed by atoms with Gasteiger partial charge < -0.3 is 4.42 Å². The van der Waals surface area contributed by atoms with Gasteiger partial charge in [0.15, 0.2) is 5.58 Å². The molecule has 0 aromatic carbocycles. The van der Waals surface area contributed by atoms with E-state index in [9.17, 15) is 0 Å². The number of nitrogens with zero attached hydrogens (tertiary/aromatic N) is 2. The second-order valence-corrected chi connectivity index (χ2v) is 3.68. The van der Waals surface area contributed by atoms with E-state index in [-0.39, 0.29) is 0 Å². The Balaban J connectivity index is 2.88. The number of fused-ring (bicyclic) bond motifs is 1. The van der Waals surface area contributed by atoms with Crippen LogP contribution in [0.15, 0.2) is 10.6 Å². The molecule has 12 heavy (non-hydrogen) atoms. The zero-order valence-electron chi connectivity index (χ0n) is 6.76. The third-order valence-corrected chi connectivity index (χ3v) is 2.93. The topological polar surface area (TPSA) is 38.9 Å². The van der Waals surface area contributed by atoms with E-state index in [0.29, 0.717) is 0 Å². The van der Waals surface area contributed by atoms with Gasteiger partial charge in [0.2, 0.25) is 0 Å². The first-order chi connectivity index (χ1) is 5.68. The average Bonchev–Trinajstić information content (AvgIpc) is 2.31. The number of aryl methyl sites for hydroxylation is 2. The fraction of sp³-hybridized carbons (Fsp3) is 0.250. The van der Waals surface area contributed by atoms with Crippen molar-refractivity contribution in [2.24, 2.45) is 0 Å². The maximum absolute atomic E-state index is 5.42. The lowest BCUT2D eigenvalue weighted by atomic mass is 10.4. The first-order valence-electron chi connectivity index (χ1n) is 3.56. The molecule has 4 heteroatoms. The maximum atomic E-state index is 5.42. The lowest BCUT2D eigenvalue weighted by Crippen LogP contribution is -1.85. The molecule has 0 bridgehead atoms. The van der Waals surface area contributed by atoms with Gasteiger partial charge in [-0.1, -0.05) is 0 Å². The Hall–Kier alpha value is -0.650. The Bertz CT molecular complexity index is 436. The van der Waals surface area contributed by atoms with Gasteiger partial charge in [-0.15, -0.1) is 0 Å². The molecule has 0 N–H and O–H groups in total. The third-order valence-electron chi connectivity index (χ3n) is 1.66. The Morgan fingerprint density at radius 2 is 2.17 bits per heavy atom. The van der Waals surface area contributed by atoms with Gasteiger partial charge in [0.05, 0.1) is 9.77 Å². The first-order valence-corrected chi connectivity index (χ1v) is 4.64. The van der Waals surface area contributed by atoms with Gasteiger partial charge in [-0.25, -0.2) is 9.97 Å². The van der Waals surface area contributed by atoms with E-state index >= 15 is 0 Å². The molecule has 0 radical (unpaired) electrons. The maximum Gasteiger partial charge on any atom is 0.172 e. The number of hydrogen-bond donors (Lipinski definition) is 0. The smallest absolute Gasteiger partial charge is 0.172 e. The predicted octanol–water partition coefficient (Wildman–Crippen LogP) is 2.44. The summed E-state index contributed by atoms with van der Waals surface area (Å²) >= 11 is 2.23. The monoisotopic (exact) mass is 274 g/mol. The van der Waals surface area contributed by atoms with Crippen LogP contribution in [0.5, 0.6) is 0 Å². The number of rotatable bonds is 0. The molecule has 2 rings (SSSR count). The van der Waals surface area contributed by atoms with Crippen molar-refractivity contribution >= 4 is 33.7 Å². The Labute approximate surface area is 83.3 Å². The number of halogens is 1. The minimum atomic E-state index is 0.766. The highest BCUT2D eigenvalue weighted by atomic mass is 127. The largest absolute Gasteiger partial charge is 0.457 e.